The van der Waals surface area contributed by atoms with E-state index in [2.05, 4.69) is 26.9 Å². The third kappa shape index (κ3) is 7.79. The average molecular weight is 480 g/mol. The van der Waals surface area contributed by atoms with Crippen LogP contribution in [0.4, 0.5) is 14.5 Å². The predicted molar refractivity (Wildman–Crippen MR) is 126 cm³/mol. The van der Waals surface area contributed by atoms with Crippen molar-refractivity contribution in [2.24, 2.45) is 10.7 Å². The molecule has 0 saturated heterocycles. The number of thioether (sulfide) groups is 1. The molecule has 3 N–H and O–H groups in total. The molecule has 1 heterocycles. The number of carbonyl (C=O) groups excluding carboxylic acids is 1. The van der Waals surface area contributed by atoms with E-state index in [0.29, 0.717) is 0 Å². The molecule has 33 heavy (non-hydrogen) atoms. The summed E-state index contributed by atoms with van der Waals surface area (Å²) in [6.07, 6.45) is 2.59. The number of benzene rings is 1. The van der Waals surface area contributed by atoms with Gasteiger partial charge in [-0.05, 0) is 37.5 Å². The van der Waals surface area contributed by atoms with Crippen molar-refractivity contribution < 1.29 is 23.0 Å². The largest absolute Gasteiger partial charge is 0.472 e. The second-order valence-corrected chi connectivity index (χ2v) is 9.20. The van der Waals surface area contributed by atoms with Gasteiger partial charge in [0, 0.05) is 30.7 Å². The topological polar surface area (TPSA) is 112 Å². The van der Waals surface area contributed by atoms with Gasteiger partial charge in [0.05, 0.1) is 19.0 Å². The van der Waals surface area contributed by atoms with Gasteiger partial charge in [-0.2, -0.15) is 0 Å². The summed E-state index contributed by atoms with van der Waals surface area (Å²) in [5, 5.41) is 2.80. The SMILES string of the molecule is C=C(C)COc1cnc(C(=O)Nc2cc(F)c(F)c(C[C@](C)(COC)S/C(N)=N\C)c2)cn1. The number of nitrogens with zero attached hydrogens (tertiary/aromatic N) is 3. The lowest BCUT2D eigenvalue weighted by atomic mass is 9.99. The first-order valence-corrected chi connectivity index (χ1v) is 10.7. The maximum atomic E-state index is 14.6. The number of amidine groups is 1. The fraction of sp³-hybridized carbons (Fsp3) is 0.364. The molecule has 0 radical (unpaired) electrons. The molecule has 2 rings (SSSR count). The molecule has 0 aliphatic heterocycles. The summed E-state index contributed by atoms with van der Waals surface area (Å²) in [5.41, 5.74) is 6.73. The summed E-state index contributed by atoms with van der Waals surface area (Å²) < 4.78 is 38.7. The first-order valence-electron chi connectivity index (χ1n) is 9.85. The zero-order valence-electron chi connectivity index (χ0n) is 18.9. The van der Waals surface area contributed by atoms with Gasteiger partial charge < -0.3 is 20.5 Å². The Hall–Kier alpha value is -3.05. The minimum Gasteiger partial charge on any atom is -0.472 e. The van der Waals surface area contributed by atoms with Crippen molar-refractivity contribution in [1.29, 1.82) is 0 Å². The highest BCUT2D eigenvalue weighted by atomic mass is 32.2. The quantitative estimate of drug-likeness (QED) is 0.304. The van der Waals surface area contributed by atoms with E-state index in [9.17, 15) is 13.6 Å². The number of anilines is 1. The molecule has 0 saturated carbocycles. The minimum atomic E-state index is -1.10. The number of amides is 1. The molecule has 0 spiro atoms. The molecule has 0 aliphatic rings. The van der Waals surface area contributed by atoms with Gasteiger partial charge >= 0.3 is 0 Å². The molecular weight excluding hydrogens is 452 g/mol. The van der Waals surface area contributed by atoms with E-state index < -0.39 is 22.3 Å². The number of aromatic nitrogens is 2. The van der Waals surface area contributed by atoms with E-state index in [1.807, 2.05) is 0 Å². The standard InChI is InChI=1S/C22H27F2N5O3S/c1-13(2)11-32-18-10-27-17(9-28-18)20(30)29-15-6-14(19(24)16(23)7-15)8-22(3,12-31-5)33-21(25)26-4/h6-7,9-10H,1,8,11-12H2,2-5H3,(H2,25,26)(H,29,30)/t22-/m1/s1. The number of methoxy groups -OCH3 is 1. The molecule has 178 valence electrons. The van der Waals surface area contributed by atoms with Crippen LogP contribution in [0.25, 0.3) is 0 Å². The zero-order valence-corrected chi connectivity index (χ0v) is 19.8. The van der Waals surface area contributed by atoms with E-state index >= 15 is 0 Å². The highest BCUT2D eigenvalue weighted by Crippen LogP contribution is 2.32. The van der Waals surface area contributed by atoms with Gasteiger partial charge in [-0.3, -0.25) is 9.79 Å². The van der Waals surface area contributed by atoms with Crippen LogP contribution in [-0.4, -0.2) is 53.2 Å². The average Bonchev–Trinajstić information content (AvgIpc) is 2.75. The molecule has 1 atom stereocenters. The van der Waals surface area contributed by atoms with Crippen LogP contribution in [0, 0.1) is 11.6 Å². The monoisotopic (exact) mass is 479 g/mol. The Morgan fingerprint density at radius 3 is 2.64 bits per heavy atom. The Labute approximate surface area is 195 Å². The van der Waals surface area contributed by atoms with Gasteiger partial charge in [0.1, 0.15) is 12.3 Å². The first-order chi connectivity index (χ1) is 15.6. The van der Waals surface area contributed by atoms with Gasteiger partial charge in [-0.25, -0.2) is 18.7 Å². The fourth-order valence-electron chi connectivity index (χ4n) is 2.87. The van der Waals surface area contributed by atoms with Crippen molar-refractivity contribution in [1.82, 2.24) is 9.97 Å². The van der Waals surface area contributed by atoms with E-state index in [1.54, 1.807) is 13.8 Å². The lowest BCUT2D eigenvalue weighted by Crippen LogP contribution is -2.33. The van der Waals surface area contributed by atoms with Crippen molar-refractivity contribution in [3.05, 3.63) is 59.6 Å². The minimum absolute atomic E-state index is 0.0179. The van der Waals surface area contributed by atoms with E-state index in [1.165, 1.54) is 44.4 Å². The van der Waals surface area contributed by atoms with Gasteiger partial charge in [0.2, 0.25) is 5.88 Å². The smallest absolute Gasteiger partial charge is 0.275 e. The molecule has 1 aromatic heterocycles. The molecule has 0 bridgehead atoms. The van der Waals surface area contributed by atoms with Crippen LogP contribution in [-0.2, 0) is 11.2 Å². The normalized spacial score (nSPS) is 13.3. The fourth-order valence-corrected chi connectivity index (χ4v) is 3.87. The number of aliphatic imine (C=N–C) groups is 1. The molecule has 8 nitrogen and oxygen atoms in total. The zero-order chi connectivity index (χ0) is 24.6. The number of rotatable bonds is 10. The van der Waals surface area contributed by atoms with E-state index in [0.717, 1.165) is 11.6 Å². The number of hydrogen-bond donors (Lipinski definition) is 2. The Balaban J connectivity index is 2.21. The summed E-state index contributed by atoms with van der Waals surface area (Å²) in [7, 11) is 3.04. The van der Waals surface area contributed by atoms with Crippen LogP contribution in [0.15, 0.2) is 41.7 Å². The molecule has 2 aromatic rings. The molecule has 1 aromatic carbocycles. The number of hydrogen-bond acceptors (Lipinski definition) is 7. The molecule has 0 aliphatic carbocycles. The Morgan fingerprint density at radius 2 is 2.06 bits per heavy atom. The summed E-state index contributed by atoms with van der Waals surface area (Å²) in [6, 6.07) is 2.26. The van der Waals surface area contributed by atoms with Crippen LogP contribution in [0.2, 0.25) is 0 Å². The lowest BCUT2D eigenvalue weighted by molar-refractivity contribution is 0.102. The summed E-state index contributed by atoms with van der Waals surface area (Å²) in [5.74, 6) is -2.52. The number of nitrogens with one attached hydrogen (secondary N) is 1. The molecule has 0 unspecified atom stereocenters. The van der Waals surface area contributed by atoms with Gasteiger partial charge in [-0.15, -0.1) is 0 Å². The second kappa shape index (κ2) is 11.7. The Bertz CT molecular complexity index is 1030. The molecule has 0 fully saturated rings. The van der Waals surface area contributed by atoms with Gasteiger partial charge in [0.25, 0.3) is 5.91 Å². The van der Waals surface area contributed by atoms with Crippen molar-refractivity contribution in [2.75, 3.05) is 32.7 Å². The van der Waals surface area contributed by atoms with Gasteiger partial charge in [-0.1, -0.05) is 18.3 Å². The van der Waals surface area contributed by atoms with Crippen LogP contribution in [0.3, 0.4) is 0 Å². The number of nitrogens with two attached hydrogens (primary N) is 1. The second-order valence-electron chi connectivity index (χ2n) is 7.59. The van der Waals surface area contributed by atoms with Crippen LogP contribution >= 0.6 is 11.8 Å². The highest BCUT2D eigenvalue weighted by molar-refractivity contribution is 8.15. The van der Waals surface area contributed by atoms with Crippen LogP contribution in [0.5, 0.6) is 5.88 Å². The van der Waals surface area contributed by atoms with Gasteiger partial charge in [0.15, 0.2) is 16.8 Å². The van der Waals surface area contributed by atoms with Crippen molar-refractivity contribution in [3.8, 4) is 5.88 Å². The molecule has 11 heteroatoms. The Morgan fingerprint density at radius 1 is 1.33 bits per heavy atom. The number of carbonyl (C=O) groups is 1. The van der Waals surface area contributed by atoms with Crippen LogP contribution < -0.4 is 15.8 Å². The maximum absolute atomic E-state index is 14.6. The number of halogens is 2. The third-order valence-corrected chi connectivity index (χ3v) is 5.42. The summed E-state index contributed by atoms with van der Waals surface area (Å²) in [4.78, 5) is 24.4. The number of ether oxygens (including phenoxy) is 2. The van der Waals surface area contributed by atoms with Crippen molar-refractivity contribution >= 4 is 28.5 Å². The molecular formula is C22H27F2N5O3S. The lowest BCUT2D eigenvalue weighted by Gasteiger charge is -2.28. The summed E-state index contributed by atoms with van der Waals surface area (Å²) >= 11 is 1.20. The van der Waals surface area contributed by atoms with E-state index in [-0.39, 0.29) is 47.6 Å². The maximum Gasteiger partial charge on any atom is 0.275 e. The summed E-state index contributed by atoms with van der Waals surface area (Å²) in [6.45, 7) is 7.80. The third-order valence-electron chi connectivity index (χ3n) is 4.27. The highest BCUT2D eigenvalue weighted by Gasteiger charge is 2.30. The van der Waals surface area contributed by atoms with E-state index in [4.69, 9.17) is 15.2 Å². The van der Waals surface area contributed by atoms with Crippen LogP contribution in [0.1, 0.15) is 29.9 Å². The molecule has 1 amide bonds. The predicted octanol–water partition coefficient (Wildman–Crippen LogP) is 3.59. The Kier molecular flexibility index (Phi) is 9.30. The van der Waals surface area contributed by atoms with Crippen molar-refractivity contribution in [3.63, 3.8) is 0 Å². The van der Waals surface area contributed by atoms with Crippen molar-refractivity contribution in [2.45, 2.75) is 25.0 Å². The first kappa shape index (κ1) is 26.2.